The van der Waals surface area contributed by atoms with E-state index in [4.69, 9.17) is 5.73 Å². The van der Waals surface area contributed by atoms with Crippen LogP contribution < -0.4 is 16.4 Å². The normalized spacial score (nSPS) is 10.5. The van der Waals surface area contributed by atoms with Crippen LogP contribution in [0.3, 0.4) is 0 Å². The van der Waals surface area contributed by atoms with Gasteiger partial charge in [-0.2, -0.15) is 0 Å². The maximum atomic E-state index is 13.0. The van der Waals surface area contributed by atoms with E-state index in [-0.39, 0.29) is 5.82 Å². The summed E-state index contributed by atoms with van der Waals surface area (Å²) in [6, 6.07) is 12.3. The smallest absolute Gasteiger partial charge is 0.159 e. The summed E-state index contributed by atoms with van der Waals surface area (Å²) in [4.78, 5) is 8.40. The van der Waals surface area contributed by atoms with Gasteiger partial charge in [-0.25, -0.2) is 14.4 Å². The minimum absolute atomic E-state index is 0.259. The fourth-order valence-electron chi connectivity index (χ4n) is 2.38. The van der Waals surface area contributed by atoms with Gasteiger partial charge in [-0.15, -0.1) is 0 Å². The Morgan fingerprint density at radius 3 is 2.40 bits per heavy atom. The molecule has 0 aliphatic heterocycles. The van der Waals surface area contributed by atoms with Crippen molar-refractivity contribution in [2.45, 2.75) is 20.4 Å². The largest absolute Gasteiger partial charge is 0.393 e. The van der Waals surface area contributed by atoms with Crippen molar-refractivity contribution in [1.82, 2.24) is 9.97 Å². The molecule has 0 aliphatic rings. The molecule has 128 valence electrons. The van der Waals surface area contributed by atoms with Gasteiger partial charge in [0.1, 0.15) is 17.8 Å². The highest BCUT2D eigenvalue weighted by molar-refractivity contribution is 5.77. The van der Waals surface area contributed by atoms with E-state index in [0.29, 0.717) is 23.9 Å². The summed E-state index contributed by atoms with van der Waals surface area (Å²) in [5.41, 5.74) is 10.9. The summed E-state index contributed by atoms with van der Waals surface area (Å²) < 4.78 is 13.0. The third-order valence-electron chi connectivity index (χ3n) is 4.03. The molecule has 2 aromatic carbocycles. The Bertz CT molecular complexity index is 877. The number of nitrogen functional groups attached to an aromatic ring is 1. The maximum Gasteiger partial charge on any atom is 0.159 e. The molecule has 4 N–H and O–H groups in total. The first-order valence-electron chi connectivity index (χ1n) is 7.96. The molecule has 0 aliphatic carbocycles. The van der Waals surface area contributed by atoms with Gasteiger partial charge >= 0.3 is 0 Å². The predicted octanol–water partition coefficient (Wildman–Crippen LogP) is 4.17. The zero-order valence-corrected chi connectivity index (χ0v) is 14.2. The monoisotopic (exact) mass is 337 g/mol. The number of rotatable bonds is 5. The molecule has 0 amide bonds. The molecule has 0 spiro atoms. The van der Waals surface area contributed by atoms with Gasteiger partial charge in [0.2, 0.25) is 0 Å². The molecular weight excluding hydrogens is 317 g/mol. The van der Waals surface area contributed by atoms with Crippen LogP contribution >= 0.6 is 0 Å². The fraction of sp³-hybridized carbons (Fsp3) is 0.158. The third kappa shape index (κ3) is 4.03. The van der Waals surface area contributed by atoms with Gasteiger partial charge in [0.25, 0.3) is 0 Å². The molecule has 0 saturated carbocycles. The Labute approximate surface area is 146 Å². The van der Waals surface area contributed by atoms with Crippen molar-refractivity contribution in [2.24, 2.45) is 0 Å². The Morgan fingerprint density at radius 1 is 0.960 bits per heavy atom. The Hall–Kier alpha value is -3.15. The zero-order chi connectivity index (χ0) is 17.8. The number of nitrogens with zero attached hydrogens (tertiary/aromatic N) is 2. The molecule has 3 rings (SSSR count). The minimum Gasteiger partial charge on any atom is -0.393 e. The number of benzene rings is 2. The van der Waals surface area contributed by atoms with E-state index in [1.807, 2.05) is 18.2 Å². The van der Waals surface area contributed by atoms with Crippen molar-refractivity contribution in [3.8, 4) is 0 Å². The molecule has 3 aromatic rings. The van der Waals surface area contributed by atoms with E-state index in [1.165, 1.54) is 29.6 Å². The maximum absolute atomic E-state index is 13.0. The lowest BCUT2D eigenvalue weighted by molar-refractivity contribution is 0.627. The van der Waals surface area contributed by atoms with Gasteiger partial charge in [0.15, 0.2) is 11.6 Å². The van der Waals surface area contributed by atoms with E-state index in [0.717, 1.165) is 11.3 Å². The average molecular weight is 337 g/mol. The standard InChI is InChI=1S/C19H20FN5/c1-12-3-8-16(9-13(12)2)25-19-17(21)18(23-11-24-19)22-10-14-4-6-15(20)7-5-14/h3-9,11H,10,21H2,1-2H3,(H2,22,23,24,25). The van der Waals surface area contributed by atoms with Crippen LogP contribution in [0.25, 0.3) is 0 Å². The van der Waals surface area contributed by atoms with Gasteiger partial charge in [-0.1, -0.05) is 18.2 Å². The third-order valence-corrected chi connectivity index (χ3v) is 4.03. The predicted molar refractivity (Wildman–Crippen MR) is 99.4 cm³/mol. The lowest BCUT2D eigenvalue weighted by Gasteiger charge is -2.13. The molecule has 1 aromatic heterocycles. The number of hydrogen-bond donors (Lipinski definition) is 3. The van der Waals surface area contributed by atoms with E-state index in [1.54, 1.807) is 12.1 Å². The summed E-state index contributed by atoms with van der Waals surface area (Å²) in [6.45, 7) is 4.61. The lowest BCUT2D eigenvalue weighted by atomic mass is 10.1. The molecular formula is C19H20FN5. The van der Waals surface area contributed by atoms with Crippen LogP contribution in [-0.4, -0.2) is 9.97 Å². The summed E-state index contributed by atoms with van der Waals surface area (Å²) >= 11 is 0. The quantitative estimate of drug-likeness (QED) is 0.651. The van der Waals surface area contributed by atoms with Gasteiger partial charge in [0, 0.05) is 12.2 Å². The van der Waals surface area contributed by atoms with Gasteiger partial charge in [-0.05, 0) is 54.8 Å². The van der Waals surface area contributed by atoms with Crippen molar-refractivity contribution in [3.63, 3.8) is 0 Å². The molecule has 5 nitrogen and oxygen atoms in total. The highest BCUT2D eigenvalue weighted by Gasteiger charge is 2.09. The van der Waals surface area contributed by atoms with Crippen molar-refractivity contribution < 1.29 is 4.39 Å². The SMILES string of the molecule is Cc1ccc(Nc2ncnc(NCc3ccc(F)cc3)c2N)cc1C. The number of aryl methyl sites for hydroxylation is 2. The summed E-state index contributed by atoms with van der Waals surface area (Å²) in [7, 11) is 0. The van der Waals surface area contributed by atoms with Crippen LogP contribution in [-0.2, 0) is 6.54 Å². The van der Waals surface area contributed by atoms with Gasteiger partial charge < -0.3 is 16.4 Å². The second kappa shape index (κ2) is 7.17. The summed E-state index contributed by atoms with van der Waals surface area (Å²) in [5.74, 6) is 0.815. The van der Waals surface area contributed by atoms with Gasteiger partial charge in [0.05, 0.1) is 0 Å². The summed E-state index contributed by atoms with van der Waals surface area (Å²) in [6.07, 6.45) is 1.45. The van der Waals surface area contributed by atoms with Crippen LogP contribution in [0.2, 0.25) is 0 Å². The molecule has 1 heterocycles. The van der Waals surface area contributed by atoms with Crippen molar-refractivity contribution in [3.05, 3.63) is 71.3 Å². The number of nitrogens with one attached hydrogen (secondary N) is 2. The Balaban J connectivity index is 1.75. The van der Waals surface area contributed by atoms with Crippen molar-refractivity contribution in [1.29, 1.82) is 0 Å². The Kier molecular flexibility index (Phi) is 4.79. The topological polar surface area (TPSA) is 75.9 Å². The first-order valence-corrected chi connectivity index (χ1v) is 7.96. The minimum atomic E-state index is -0.259. The first-order chi connectivity index (χ1) is 12.0. The van der Waals surface area contributed by atoms with E-state index >= 15 is 0 Å². The molecule has 0 atom stereocenters. The van der Waals surface area contributed by atoms with Crippen LogP contribution in [0.15, 0.2) is 48.8 Å². The van der Waals surface area contributed by atoms with Crippen LogP contribution in [0.1, 0.15) is 16.7 Å². The number of aromatic nitrogens is 2. The number of anilines is 4. The number of hydrogen-bond acceptors (Lipinski definition) is 5. The van der Waals surface area contributed by atoms with E-state index < -0.39 is 0 Å². The second-order valence-electron chi connectivity index (χ2n) is 5.89. The van der Waals surface area contributed by atoms with Crippen LogP contribution in [0.4, 0.5) is 27.4 Å². The number of nitrogens with two attached hydrogens (primary N) is 1. The molecule has 6 heteroatoms. The molecule has 25 heavy (non-hydrogen) atoms. The number of halogens is 1. The van der Waals surface area contributed by atoms with E-state index in [9.17, 15) is 4.39 Å². The van der Waals surface area contributed by atoms with Crippen LogP contribution in [0.5, 0.6) is 0 Å². The lowest BCUT2D eigenvalue weighted by Crippen LogP contribution is -2.08. The summed E-state index contributed by atoms with van der Waals surface area (Å²) in [5, 5.41) is 6.38. The molecule has 0 saturated heterocycles. The van der Waals surface area contributed by atoms with Gasteiger partial charge in [-0.3, -0.25) is 0 Å². The highest BCUT2D eigenvalue weighted by atomic mass is 19.1. The molecule has 0 bridgehead atoms. The molecule has 0 radical (unpaired) electrons. The molecule has 0 unspecified atom stereocenters. The van der Waals surface area contributed by atoms with Crippen LogP contribution in [0, 0.1) is 19.7 Å². The first kappa shape index (κ1) is 16.7. The fourth-order valence-corrected chi connectivity index (χ4v) is 2.38. The van der Waals surface area contributed by atoms with Crippen molar-refractivity contribution >= 4 is 23.0 Å². The Morgan fingerprint density at radius 2 is 1.68 bits per heavy atom. The molecule has 0 fully saturated rings. The van der Waals surface area contributed by atoms with Crippen molar-refractivity contribution in [2.75, 3.05) is 16.4 Å². The average Bonchev–Trinajstić information content (AvgIpc) is 2.60. The highest BCUT2D eigenvalue weighted by Crippen LogP contribution is 2.27. The zero-order valence-electron chi connectivity index (χ0n) is 14.2. The second-order valence-corrected chi connectivity index (χ2v) is 5.89. The van der Waals surface area contributed by atoms with E-state index in [2.05, 4.69) is 34.4 Å².